The Labute approximate surface area is 97.4 Å². The highest BCUT2D eigenvalue weighted by atomic mass is 32.2. The number of hydrogen-bond donors (Lipinski definition) is 1. The van der Waals surface area contributed by atoms with Crippen LogP contribution in [0.5, 0.6) is 0 Å². The number of oxime groups is 1. The Hall–Kier alpha value is -1.96. The summed E-state index contributed by atoms with van der Waals surface area (Å²) in [5.41, 5.74) is 0.173. The molecule has 7 nitrogen and oxygen atoms in total. The van der Waals surface area contributed by atoms with Crippen LogP contribution in [-0.2, 0) is 9.84 Å². The van der Waals surface area contributed by atoms with Crippen LogP contribution in [0.25, 0.3) is 0 Å². The Bertz CT molecular complexity index is 547. The first-order chi connectivity index (χ1) is 7.84. The molecule has 0 spiro atoms. The summed E-state index contributed by atoms with van der Waals surface area (Å²) in [6.07, 6.45) is 1.06. The molecule has 0 bridgehead atoms. The van der Waals surface area contributed by atoms with Crippen molar-refractivity contribution in [2.75, 3.05) is 12.8 Å². The van der Waals surface area contributed by atoms with Crippen LogP contribution in [0.4, 0.5) is 0 Å². The first kappa shape index (κ1) is 13.1. The molecule has 0 unspecified atom stereocenters. The number of nitrogens with zero attached hydrogens (tertiary/aromatic N) is 2. The molecule has 92 valence electrons. The lowest BCUT2D eigenvalue weighted by molar-refractivity contribution is -0.463. The van der Waals surface area contributed by atoms with E-state index in [-0.39, 0.29) is 10.6 Å². The van der Waals surface area contributed by atoms with Crippen molar-refractivity contribution in [3.8, 4) is 0 Å². The minimum Gasteiger partial charge on any atom is -0.410 e. The molecule has 0 saturated carbocycles. The van der Waals surface area contributed by atoms with Crippen molar-refractivity contribution in [2.24, 2.45) is 5.16 Å². The van der Waals surface area contributed by atoms with Crippen LogP contribution >= 0.6 is 0 Å². The average Bonchev–Trinajstić information content (AvgIpc) is 2.24. The molecule has 0 aliphatic heterocycles. The number of sulfone groups is 1. The number of benzene rings is 1. The van der Waals surface area contributed by atoms with Crippen molar-refractivity contribution < 1.29 is 18.5 Å². The standard InChI is InChI=1S/C9H10N2O5S/c1-17(15,16)8-4-2-7(3-5-8)9(10-12)6-11(13)14/h2-5,12H,6H2,1H3/b10-9+. The molecule has 0 aliphatic carbocycles. The predicted octanol–water partition coefficient (Wildman–Crippen LogP) is 0.545. The summed E-state index contributed by atoms with van der Waals surface area (Å²) in [5.74, 6) is 0. The van der Waals surface area contributed by atoms with Gasteiger partial charge in [-0.05, 0) is 12.1 Å². The van der Waals surface area contributed by atoms with Crippen LogP contribution in [-0.4, -0.2) is 37.1 Å². The highest BCUT2D eigenvalue weighted by molar-refractivity contribution is 7.90. The second-order valence-electron chi connectivity index (χ2n) is 3.33. The molecule has 0 fully saturated rings. The number of rotatable bonds is 4. The maximum absolute atomic E-state index is 11.2. The molecule has 17 heavy (non-hydrogen) atoms. The van der Waals surface area contributed by atoms with Crippen LogP contribution < -0.4 is 0 Å². The zero-order valence-corrected chi connectivity index (χ0v) is 9.72. The highest BCUT2D eigenvalue weighted by Gasteiger charge is 2.13. The van der Waals surface area contributed by atoms with Gasteiger partial charge in [-0.1, -0.05) is 17.3 Å². The van der Waals surface area contributed by atoms with Crippen LogP contribution in [0.15, 0.2) is 34.3 Å². The van der Waals surface area contributed by atoms with Crippen molar-refractivity contribution in [1.29, 1.82) is 0 Å². The number of hydrogen-bond acceptors (Lipinski definition) is 6. The number of nitro groups is 1. The first-order valence-electron chi connectivity index (χ1n) is 4.48. The van der Waals surface area contributed by atoms with Gasteiger partial charge in [0.15, 0.2) is 15.5 Å². The summed E-state index contributed by atoms with van der Waals surface area (Å²) in [4.78, 5) is 9.74. The lowest BCUT2D eigenvalue weighted by atomic mass is 10.1. The Balaban J connectivity index is 3.06. The van der Waals surface area contributed by atoms with Crippen molar-refractivity contribution in [2.45, 2.75) is 4.90 Å². The molecule has 1 rings (SSSR count). The minimum absolute atomic E-state index is 0.0969. The summed E-state index contributed by atoms with van der Waals surface area (Å²) < 4.78 is 22.3. The molecule has 0 heterocycles. The van der Waals surface area contributed by atoms with E-state index in [1.807, 2.05) is 0 Å². The third kappa shape index (κ3) is 3.52. The summed E-state index contributed by atoms with van der Waals surface area (Å²) in [5, 5.41) is 21.7. The van der Waals surface area contributed by atoms with Gasteiger partial charge in [-0.25, -0.2) is 8.42 Å². The Morgan fingerprint density at radius 3 is 2.29 bits per heavy atom. The van der Waals surface area contributed by atoms with E-state index < -0.39 is 21.3 Å². The van der Waals surface area contributed by atoms with Gasteiger partial charge in [-0.2, -0.15) is 0 Å². The zero-order chi connectivity index (χ0) is 13.1. The fourth-order valence-electron chi connectivity index (χ4n) is 1.20. The van der Waals surface area contributed by atoms with E-state index in [0.29, 0.717) is 5.56 Å². The maximum atomic E-state index is 11.2. The van der Waals surface area contributed by atoms with Crippen LogP contribution in [0.2, 0.25) is 0 Å². The first-order valence-corrected chi connectivity index (χ1v) is 6.37. The van der Waals surface area contributed by atoms with Gasteiger partial charge in [-0.3, -0.25) is 10.1 Å². The van der Waals surface area contributed by atoms with Crippen molar-refractivity contribution >= 4 is 15.5 Å². The molecule has 0 amide bonds. The smallest absolute Gasteiger partial charge is 0.249 e. The normalized spacial score (nSPS) is 12.4. The maximum Gasteiger partial charge on any atom is 0.249 e. The van der Waals surface area contributed by atoms with E-state index in [0.717, 1.165) is 6.26 Å². The lowest BCUT2D eigenvalue weighted by Crippen LogP contribution is -2.15. The third-order valence-corrected chi connectivity index (χ3v) is 3.14. The van der Waals surface area contributed by atoms with Crippen molar-refractivity contribution in [3.05, 3.63) is 39.9 Å². The minimum atomic E-state index is -3.31. The molecule has 0 atom stereocenters. The summed E-state index contributed by atoms with van der Waals surface area (Å²) in [7, 11) is -3.31. The van der Waals surface area contributed by atoms with Gasteiger partial charge >= 0.3 is 0 Å². The van der Waals surface area contributed by atoms with E-state index in [9.17, 15) is 18.5 Å². The van der Waals surface area contributed by atoms with Crippen LogP contribution in [0, 0.1) is 10.1 Å². The van der Waals surface area contributed by atoms with Crippen LogP contribution in [0.3, 0.4) is 0 Å². The predicted molar refractivity (Wildman–Crippen MR) is 59.7 cm³/mol. The van der Waals surface area contributed by atoms with E-state index in [1.165, 1.54) is 24.3 Å². The second kappa shape index (κ2) is 4.91. The molecule has 1 aromatic rings. The average molecular weight is 258 g/mol. The lowest BCUT2D eigenvalue weighted by Gasteiger charge is -2.02. The van der Waals surface area contributed by atoms with Crippen molar-refractivity contribution in [3.63, 3.8) is 0 Å². The fourth-order valence-corrected chi connectivity index (χ4v) is 1.83. The van der Waals surface area contributed by atoms with E-state index in [1.54, 1.807) is 0 Å². The van der Waals surface area contributed by atoms with E-state index >= 15 is 0 Å². The van der Waals surface area contributed by atoms with E-state index in [4.69, 9.17) is 5.21 Å². The molecule has 0 saturated heterocycles. The van der Waals surface area contributed by atoms with Gasteiger partial charge in [-0.15, -0.1) is 0 Å². The quantitative estimate of drug-likeness (QED) is 0.367. The van der Waals surface area contributed by atoms with Crippen LogP contribution in [0.1, 0.15) is 5.56 Å². The SMILES string of the molecule is CS(=O)(=O)c1ccc(/C(C[N+](=O)[O-])=N/O)cc1. The Kier molecular flexibility index (Phi) is 3.79. The molecule has 0 radical (unpaired) electrons. The summed E-state index contributed by atoms with van der Waals surface area (Å²) in [6.45, 7) is -0.630. The summed E-state index contributed by atoms with van der Waals surface area (Å²) in [6, 6.07) is 5.31. The molecule has 0 aliphatic rings. The molecule has 1 N–H and O–H groups in total. The van der Waals surface area contributed by atoms with E-state index in [2.05, 4.69) is 5.16 Å². The fraction of sp³-hybridized carbons (Fsp3) is 0.222. The zero-order valence-electron chi connectivity index (χ0n) is 8.90. The summed E-state index contributed by atoms with van der Waals surface area (Å²) >= 11 is 0. The Morgan fingerprint density at radius 2 is 1.94 bits per heavy atom. The van der Waals surface area contributed by atoms with Gasteiger partial charge in [0, 0.05) is 16.7 Å². The van der Waals surface area contributed by atoms with Gasteiger partial charge in [0.1, 0.15) is 0 Å². The molecule has 8 heteroatoms. The Morgan fingerprint density at radius 1 is 1.41 bits per heavy atom. The molecule has 0 aromatic heterocycles. The molecular formula is C9H10N2O5S. The molecule has 1 aromatic carbocycles. The van der Waals surface area contributed by atoms with Gasteiger partial charge in [0.2, 0.25) is 6.54 Å². The third-order valence-electron chi connectivity index (χ3n) is 2.02. The second-order valence-corrected chi connectivity index (χ2v) is 5.35. The van der Waals surface area contributed by atoms with Crippen molar-refractivity contribution in [1.82, 2.24) is 0 Å². The topological polar surface area (TPSA) is 110 Å². The largest absolute Gasteiger partial charge is 0.410 e. The highest BCUT2D eigenvalue weighted by Crippen LogP contribution is 2.11. The molecular weight excluding hydrogens is 248 g/mol. The van der Waals surface area contributed by atoms with Gasteiger partial charge < -0.3 is 5.21 Å². The van der Waals surface area contributed by atoms with Gasteiger partial charge in [0.05, 0.1) is 4.90 Å². The monoisotopic (exact) mass is 258 g/mol. The van der Waals surface area contributed by atoms with Gasteiger partial charge in [0.25, 0.3) is 0 Å².